The number of benzene rings is 1. The summed E-state index contributed by atoms with van der Waals surface area (Å²) in [7, 11) is 3.42. The molecule has 0 heterocycles. The summed E-state index contributed by atoms with van der Waals surface area (Å²) in [5, 5.41) is 9.22. The van der Waals surface area contributed by atoms with Crippen LogP contribution in [0.25, 0.3) is 0 Å². The van der Waals surface area contributed by atoms with E-state index in [4.69, 9.17) is 0 Å². The number of nitrogens with zero attached hydrogens (tertiary/aromatic N) is 1. The van der Waals surface area contributed by atoms with Gasteiger partial charge in [0.05, 0.1) is 6.61 Å². The standard InChI is InChI=1S/C11H14BrNO2S/c1-7-4-9(12)5-8(6-14)10(7)16-11(15)13(2)3/h4-5,14H,6H2,1-3H3. The highest BCUT2D eigenvalue weighted by Crippen LogP contribution is 2.31. The number of hydrogen-bond acceptors (Lipinski definition) is 3. The van der Waals surface area contributed by atoms with Gasteiger partial charge < -0.3 is 10.0 Å². The van der Waals surface area contributed by atoms with Crippen molar-refractivity contribution in [3.8, 4) is 0 Å². The Kier molecular flexibility index (Phi) is 4.83. The third kappa shape index (κ3) is 3.23. The number of halogens is 1. The van der Waals surface area contributed by atoms with Gasteiger partial charge in [-0.15, -0.1) is 0 Å². The van der Waals surface area contributed by atoms with E-state index in [1.807, 2.05) is 19.1 Å². The summed E-state index contributed by atoms with van der Waals surface area (Å²) >= 11 is 4.51. The molecule has 0 aliphatic heterocycles. The molecule has 0 saturated heterocycles. The third-order valence-electron chi connectivity index (χ3n) is 2.04. The Hall–Kier alpha value is -0.520. The average Bonchev–Trinajstić information content (AvgIpc) is 2.21. The van der Waals surface area contributed by atoms with E-state index >= 15 is 0 Å². The van der Waals surface area contributed by atoms with Gasteiger partial charge in [0.1, 0.15) is 0 Å². The van der Waals surface area contributed by atoms with E-state index in [1.165, 1.54) is 4.90 Å². The number of rotatable bonds is 2. The second-order valence-electron chi connectivity index (χ2n) is 3.63. The smallest absolute Gasteiger partial charge is 0.285 e. The van der Waals surface area contributed by atoms with Gasteiger partial charge >= 0.3 is 0 Å². The van der Waals surface area contributed by atoms with Crippen molar-refractivity contribution in [2.24, 2.45) is 0 Å². The zero-order valence-corrected chi connectivity index (χ0v) is 11.9. The predicted molar refractivity (Wildman–Crippen MR) is 69.7 cm³/mol. The van der Waals surface area contributed by atoms with Gasteiger partial charge in [0, 0.05) is 23.5 Å². The number of amides is 1. The molecule has 0 bridgehead atoms. The van der Waals surface area contributed by atoms with Crippen molar-refractivity contribution < 1.29 is 9.90 Å². The topological polar surface area (TPSA) is 40.5 Å². The van der Waals surface area contributed by atoms with Crippen LogP contribution < -0.4 is 0 Å². The third-order valence-corrected chi connectivity index (χ3v) is 3.83. The maximum Gasteiger partial charge on any atom is 0.285 e. The number of aliphatic hydroxyl groups is 1. The highest BCUT2D eigenvalue weighted by Gasteiger charge is 2.13. The van der Waals surface area contributed by atoms with Crippen LogP contribution in [-0.4, -0.2) is 29.3 Å². The van der Waals surface area contributed by atoms with Crippen molar-refractivity contribution in [2.45, 2.75) is 18.4 Å². The van der Waals surface area contributed by atoms with Crippen LogP contribution in [0.15, 0.2) is 21.5 Å². The Morgan fingerprint density at radius 2 is 2.12 bits per heavy atom. The van der Waals surface area contributed by atoms with Crippen LogP contribution in [0.5, 0.6) is 0 Å². The maximum atomic E-state index is 11.6. The minimum Gasteiger partial charge on any atom is -0.392 e. The summed E-state index contributed by atoms with van der Waals surface area (Å²) in [6.45, 7) is 1.86. The van der Waals surface area contributed by atoms with Gasteiger partial charge in [-0.1, -0.05) is 15.9 Å². The largest absolute Gasteiger partial charge is 0.392 e. The molecule has 0 radical (unpaired) electrons. The van der Waals surface area contributed by atoms with E-state index in [0.29, 0.717) is 0 Å². The number of hydrogen-bond donors (Lipinski definition) is 1. The Morgan fingerprint density at radius 3 is 2.62 bits per heavy atom. The van der Waals surface area contributed by atoms with Gasteiger partial charge in [0.25, 0.3) is 5.24 Å². The second-order valence-corrected chi connectivity index (χ2v) is 5.51. The lowest BCUT2D eigenvalue weighted by Gasteiger charge is -2.14. The molecule has 0 atom stereocenters. The quantitative estimate of drug-likeness (QED) is 0.854. The summed E-state index contributed by atoms with van der Waals surface area (Å²) < 4.78 is 0.913. The van der Waals surface area contributed by atoms with Gasteiger partial charge in [0.2, 0.25) is 0 Å². The Morgan fingerprint density at radius 1 is 1.50 bits per heavy atom. The molecule has 0 aliphatic carbocycles. The van der Waals surface area contributed by atoms with E-state index in [2.05, 4.69) is 15.9 Å². The normalized spacial score (nSPS) is 10.3. The maximum absolute atomic E-state index is 11.6. The zero-order chi connectivity index (χ0) is 12.3. The fourth-order valence-corrected chi connectivity index (χ4v) is 2.69. The van der Waals surface area contributed by atoms with Gasteiger partial charge in [-0.3, -0.25) is 4.79 Å². The molecule has 0 aliphatic rings. The summed E-state index contributed by atoms with van der Waals surface area (Å²) in [4.78, 5) is 14.0. The van der Waals surface area contributed by atoms with E-state index in [-0.39, 0.29) is 11.8 Å². The average molecular weight is 304 g/mol. The van der Waals surface area contributed by atoms with Gasteiger partial charge in [-0.2, -0.15) is 0 Å². The molecule has 1 rings (SSSR count). The lowest BCUT2D eigenvalue weighted by molar-refractivity contribution is 0.241. The fourth-order valence-electron chi connectivity index (χ4n) is 1.24. The molecule has 1 aromatic rings. The van der Waals surface area contributed by atoms with Crippen molar-refractivity contribution >= 4 is 32.9 Å². The minimum absolute atomic E-state index is 0.0416. The van der Waals surface area contributed by atoms with E-state index < -0.39 is 0 Å². The van der Waals surface area contributed by atoms with Crippen molar-refractivity contribution in [3.05, 3.63) is 27.7 Å². The zero-order valence-electron chi connectivity index (χ0n) is 9.45. The molecule has 88 valence electrons. The molecule has 5 heteroatoms. The first-order chi connectivity index (χ1) is 7.45. The molecule has 0 saturated carbocycles. The van der Waals surface area contributed by atoms with Crippen LogP contribution in [0.3, 0.4) is 0 Å². The summed E-state index contributed by atoms with van der Waals surface area (Å²) in [5.41, 5.74) is 1.76. The van der Waals surface area contributed by atoms with Crippen molar-refractivity contribution in [1.82, 2.24) is 4.90 Å². The number of aryl methyl sites for hydroxylation is 1. The number of thioether (sulfide) groups is 1. The molecule has 0 spiro atoms. The van der Waals surface area contributed by atoms with Crippen LogP contribution in [0.4, 0.5) is 4.79 Å². The molecule has 0 unspecified atom stereocenters. The van der Waals surface area contributed by atoms with Crippen LogP contribution in [-0.2, 0) is 6.61 Å². The Labute approximate surface area is 108 Å². The molecule has 3 nitrogen and oxygen atoms in total. The summed E-state index contributed by atoms with van der Waals surface area (Å²) in [6, 6.07) is 3.77. The summed E-state index contributed by atoms with van der Waals surface area (Å²) in [5.74, 6) is 0. The van der Waals surface area contributed by atoms with Crippen LogP contribution in [0, 0.1) is 6.92 Å². The number of carbonyl (C=O) groups is 1. The van der Waals surface area contributed by atoms with E-state index in [1.54, 1.807) is 14.1 Å². The molecular formula is C11H14BrNO2S. The fraction of sp³-hybridized carbons (Fsp3) is 0.364. The molecule has 1 N–H and O–H groups in total. The first-order valence-corrected chi connectivity index (χ1v) is 6.35. The van der Waals surface area contributed by atoms with Gasteiger partial charge in [-0.25, -0.2) is 0 Å². The molecule has 0 fully saturated rings. The molecule has 16 heavy (non-hydrogen) atoms. The lowest BCUT2D eigenvalue weighted by Crippen LogP contribution is -2.16. The Bertz CT molecular complexity index is 407. The van der Waals surface area contributed by atoms with Crippen molar-refractivity contribution in [1.29, 1.82) is 0 Å². The summed E-state index contributed by atoms with van der Waals surface area (Å²) in [6.07, 6.45) is 0. The molecule has 0 aromatic heterocycles. The first kappa shape index (κ1) is 13.5. The van der Waals surface area contributed by atoms with Crippen molar-refractivity contribution in [2.75, 3.05) is 14.1 Å². The van der Waals surface area contributed by atoms with Crippen LogP contribution in [0.2, 0.25) is 0 Å². The molecule has 1 amide bonds. The molecule has 1 aromatic carbocycles. The van der Waals surface area contributed by atoms with E-state index in [0.717, 1.165) is 32.3 Å². The molecular weight excluding hydrogens is 290 g/mol. The second kappa shape index (κ2) is 5.70. The predicted octanol–water partition coefficient (Wildman–Crippen LogP) is 3.02. The monoisotopic (exact) mass is 303 g/mol. The minimum atomic E-state index is -0.0661. The number of carbonyl (C=O) groups excluding carboxylic acids is 1. The Balaban J connectivity index is 3.07. The van der Waals surface area contributed by atoms with Gasteiger partial charge in [-0.05, 0) is 41.9 Å². The highest BCUT2D eigenvalue weighted by molar-refractivity contribution is 9.10. The van der Waals surface area contributed by atoms with E-state index in [9.17, 15) is 9.90 Å². The highest BCUT2D eigenvalue weighted by atomic mass is 79.9. The lowest BCUT2D eigenvalue weighted by atomic mass is 10.1. The van der Waals surface area contributed by atoms with Gasteiger partial charge in [0.15, 0.2) is 0 Å². The number of aliphatic hydroxyl groups excluding tert-OH is 1. The van der Waals surface area contributed by atoms with Crippen LogP contribution >= 0.6 is 27.7 Å². The SMILES string of the molecule is Cc1cc(Br)cc(CO)c1SC(=O)N(C)C. The first-order valence-electron chi connectivity index (χ1n) is 4.74. The van der Waals surface area contributed by atoms with Crippen LogP contribution in [0.1, 0.15) is 11.1 Å². The van der Waals surface area contributed by atoms with Crippen molar-refractivity contribution in [3.63, 3.8) is 0 Å².